The maximum atomic E-state index is 11.5. The van der Waals surface area contributed by atoms with Gasteiger partial charge in [-0.15, -0.1) is 0 Å². The first-order chi connectivity index (χ1) is 9.38. The highest BCUT2D eigenvalue weighted by Crippen LogP contribution is 2.32. The minimum Gasteiger partial charge on any atom is -0.492 e. The van der Waals surface area contributed by atoms with Crippen molar-refractivity contribution in [3.8, 4) is 5.75 Å². The molecular formula is C12H14ClNO5S. The van der Waals surface area contributed by atoms with Gasteiger partial charge in [-0.2, -0.15) is 0 Å². The number of non-ortho nitro benzene ring substituents is 1. The van der Waals surface area contributed by atoms with E-state index in [1.54, 1.807) is 0 Å². The lowest BCUT2D eigenvalue weighted by atomic mass is 10.1. The second-order valence-corrected chi connectivity index (χ2v) is 7.32. The molecule has 2 rings (SSSR count). The van der Waals surface area contributed by atoms with Crippen LogP contribution in [-0.2, 0) is 9.05 Å². The summed E-state index contributed by atoms with van der Waals surface area (Å²) in [6.07, 6.45) is 4.40. The van der Waals surface area contributed by atoms with Gasteiger partial charge in [0.25, 0.3) is 14.7 Å². The summed E-state index contributed by atoms with van der Waals surface area (Å²) in [5.74, 6) is 0.466. The fourth-order valence-corrected chi connectivity index (χ4v) is 3.30. The van der Waals surface area contributed by atoms with Crippen LogP contribution in [0.25, 0.3) is 0 Å². The highest BCUT2D eigenvalue weighted by Gasteiger charge is 2.23. The molecule has 1 aromatic rings. The van der Waals surface area contributed by atoms with Gasteiger partial charge in [-0.1, -0.05) is 12.8 Å². The zero-order valence-corrected chi connectivity index (χ0v) is 12.2. The molecule has 0 unspecified atom stereocenters. The maximum absolute atomic E-state index is 11.5. The van der Waals surface area contributed by atoms with Gasteiger partial charge in [-0.05, 0) is 24.8 Å². The van der Waals surface area contributed by atoms with Crippen LogP contribution in [0.3, 0.4) is 0 Å². The Hall–Kier alpha value is -1.34. The van der Waals surface area contributed by atoms with Crippen LogP contribution in [0.2, 0.25) is 0 Å². The van der Waals surface area contributed by atoms with Crippen molar-refractivity contribution in [3.05, 3.63) is 28.3 Å². The highest BCUT2D eigenvalue weighted by atomic mass is 35.7. The van der Waals surface area contributed by atoms with E-state index in [1.165, 1.54) is 12.1 Å². The molecule has 0 spiro atoms. The molecule has 1 aliphatic carbocycles. The lowest BCUT2D eigenvalue weighted by molar-refractivity contribution is -0.385. The van der Waals surface area contributed by atoms with Gasteiger partial charge < -0.3 is 4.74 Å². The Morgan fingerprint density at radius 2 is 2.00 bits per heavy atom. The summed E-state index contributed by atoms with van der Waals surface area (Å²) in [7, 11) is 1.21. The fourth-order valence-electron chi connectivity index (χ4n) is 2.30. The summed E-state index contributed by atoms with van der Waals surface area (Å²) < 4.78 is 28.5. The lowest BCUT2D eigenvalue weighted by Gasteiger charge is -2.13. The molecule has 0 radical (unpaired) electrons. The number of halogens is 1. The van der Waals surface area contributed by atoms with Crippen LogP contribution in [0.5, 0.6) is 5.75 Å². The standard InChI is InChI=1S/C12H14ClNO5S/c13-20(17,18)12-7-10(14(15)16)5-6-11(12)19-8-9-3-1-2-4-9/h5-7,9H,1-4,8H2. The van der Waals surface area contributed by atoms with Crippen LogP contribution in [-0.4, -0.2) is 19.9 Å². The first-order valence-electron chi connectivity index (χ1n) is 6.24. The second-order valence-electron chi connectivity index (χ2n) is 4.79. The van der Waals surface area contributed by atoms with Crippen molar-refractivity contribution < 1.29 is 18.1 Å². The van der Waals surface area contributed by atoms with Gasteiger partial charge in [-0.25, -0.2) is 8.42 Å². The molecule has 1 saturated carbocycles. The van der Waals surface area contributed by atoms with Crippen molar-refractivity contribution in [1.29, 1.82) is 0 Å². The van der Waals surface area contributed by atoms with Gasteiger partial charge in [0.15, 0.2) is 0 Å². The predicted octanol–water partition coefficient (Wildman–Crippen LogP) is 3.09. The van der Waals surface area contributed by atoms with Gasteiger partial charge in [0.1, 0.15) is 10.6 Å². The topological polar surface area (TPSA) is 86.5 Å². The molecule has 1 fully saturated rings. The molecule has 0 saturated heterocycles. The Morgan fingerprint density at radius 3 is 2.55 bits per heavy atom. The van der Waals surface area contributed by atoms with E-state index in [-0.39, 0.29) is 16.3 Å². The maximum Gasteiger partial charge on any atom is 0.271 e. The van der Waals surface area contributed by atoms with Crippen LogP contribution < -0.4 is 4.74 Å². The summed E-state index contributed by atoms with van der Waals surface area (Å²) in [5.41, 5.74) is -0.336. The normalized spacial score (nSPS) is 16.2. The van der Waals surface area contributed by atoms with Crippen LogP contribution in [0, 0.1) is 16.0 Å². The molecule has 0 amide bonds. The van der Waals surface area contributed by atoms with Gasteiger partial charge in [-0.3, -0.25) is 10.1 Å². The van der Waals surface area contributed by atoms with E-state index in [2.05, 4.69) is 0 Å². The molecule has 0 atom stereocenters. The molecule has 6 nitrogen and oxygen atoms in total. The SMILES string of the molecule is O=[N+]([O-])c1ccc(OCC2CCCC2)c(S(=O)(=O)Cl)c1. The van der Waals surface area contributed by atoms with Gasteiger partial charge in [0, 0.05) is 22.8 Å². The molecule has 110 valence electrons. The van der Waals surface area contributed by atoms with Crippen molar-refractivity contribution in [2.45, 2.75) is 30.6 Å². The average Bonchev–Trinajstić information content (AvgIpc) is 2.88. The first-order valence-corrected chi connectivity index (χ1v) is 8.55. The molecule has 0 aliphatic heterocycles. The minimum absolute atomic E-state index is 0.0671. The van der Waals surface area contributed by atoms with E-state index in [4.69, 9.17) is 15.4 Å². The minimum atomic E-state index is -4.09. The third-order valence-corrected chi connectivity index (χ3v) is 4.69. The van der Waals surface area contributed by atoms with Crippen molar-refractivity contribution in [2.24, 2.45) is 5.92 Å². The number of ether oxygens (including phenoxy) is 1. The fraction of sp³-hybridized carbons (Fsp3) is 0.500. The molecule has 0 heterocycles. The quantitative estimate of drug-likeness (QED) is 0.473. The van der Waals surface area contributed by atoms with Crippen molar-refractivity contribution in [1.82, 2.24) is 0 Å². The van der Waals surface area contributed by atoms with Gasteiger partial charge in [0.05, 0.1) is 11.5 Å². The number of nitro groups is 1. The van der Waals surface area contributed by atoms with Crippen LogP contribution in [0.1, 0.15) is 25.7 Å². The van der Waals surface area contributed by atoms with Crippen molar-refractivity contribution in [2.75, 3.05) is 6.61 Å². The zero-order chi connectivity index (χ0) is 14.8. The van der Waals surface area contributed by atoms with E-state index < -0.39 is 14.0 Å². The zero-order valence-electron chi connectivity index (χ0n) is 10.6. The molecule has 20 heavy (non-hydrogen) atoms. The molecular weight excluding hydrogens is 306 g/mol. The van der Waals surface area contributed by atoms with E-state index in [0.717, 1.165) is 31.7 Å². The van der Waals surface area contributed by atoms with E-state index in [0.29, 0.717) is 12.5 Å². The Balaban J connectivity index is 2.24. The van der Waals surface area contributed by atoms with Crippen molar-refractivity contribution >= 4 is 25.4 Å². The Labute approximate surface area is 121 Å². The smallest absolute Gasteiger partial charge is 0.271 e. The average molecular weight is 320 g/mol. The number of benzene rings is 1. The monoisotopic (exact) mass is 319 g/mol. The number of hydrogen-bond donors (Lipinski definition) is 0. The number of nitro benzene ring substituents is 1. The summed E-state index contributed by atoms with van der Waals surface area (Å²) in [4.78, 5) is 9.66. The Morgan fingerprint density at radius 1 is 1.35 bits per heavy atom. The van der Waals surface area contributed by atoms with Gasteiger partial charge in [0.2, 0.25) is 0 Å². The van der Waals surface area contributed by atoms with E-state index in [1.807, 2.05) is 0 Å². The van der Waals surface area contributed by atoms with Crippen LogP contribution in [0.15, 0.2) is 23.1 Å². The number of hydrogen-bond acceptors (Lipinski definition) is 5. The first kappa shape index (κ1) is 15.1. The molecule has 0 N–H and O–H groups in total. The van der Waals surface area contributed by atoms with E-state index in [9.17, 15) is 18.5 Å². The van der Waals surface area contributed by atoms with Crippen LogP contribution in [0.4, 0.5) is 5.69 Å². The Kier molecular flexibility index (Phi) is 4.49. The lowest BCUT2D eigenvalue weighted by Crippen LogP contribution is -2.10. The van der Waals surface area contributed by atoms with Crippen molar-refractivity contribution in [3.63, 3.8) is 0 Å². The summed E-state index contributed by atoms with van der Waals surface area (Å²) in [5, 5.41) is 10.7. The summed E-state index contributed by atoms with van der Waals surface area (Å²) in [6.45, 7) is 0.400. The number of rotatable bonds is 5. The third kappa shape index (κ3) is 3.61. The molecule has 1 aromatic carbocycles. The molecule has 1 aliphatic rings. The molecule has 0 aromatic heterocycles. The van der Waals surface area contributed by atoms with Crippen LogP contribution >= 0.6 is 10.7 Å². The summed E-state index contributed by atoms with van der Waals surface area (Å²) >= 11 is 0. The Bertz CT molecular complexity index is 610. The summed E-state index contributed by atoms with van der Waals surface area (Å²) in [6, 6.07) is 3.41. The van der Waals surface area contributed by atoms with E-state index >= 15 is 0 Å². The predicted molar refractivity (Wildman–Crippen MR) is 73.6 cm³/mol. The highest BCUT2D eigenvalue weighted by molar-refractivity contribution is 8.13. The largest absolute Gasteiger partial charge is 0.492 e. The second kappa shape index (κ2) is 5.97. The molecule has 8 heteroatoms. The number of nitrogens with zero attached hydrogens (tertiary/aromatic N) is 1. The molecule has 0 bridgehead atoms. The third-order valence-electron chi connectivity index (χ3n) is 3.35. The van der Waals surface area contributed by atoms with Gasteiger partial charge >= 0.3 is 0 Å².